The summed E-state index contributed by atoms with van der Waals surface area (Å²) in [5.41, 5.74) is 1.54. The molecule has 0 bridgehead atoms. The van der Waals surface area contributed by atoms with Gasteiger partial charge in [0.2, 0.25) is 0 Å². The maximum atomic E-state index is 10.6. The van der Waals surface area contributed by atoms with Crippen molar-refractivity contribution in [3.8, 4) is 11.5 Å². The molecule has 0 fully saturated rings. The van der Waals surface area contributed by atoms with Gasteiger partial charge in [0.1, 0.15) is 6.61 Å². The fourth-order valence-corrected chi connectivity index (χ4v) is 2.67. The van der Waals surface area contributed by atoms with E-state index in [1.807, 2.05) is 18.2 Å². The van der Waals surface area contributed by atoms with Crippen LogP contribution in [0.4, 0.5) is 0 Å². The Bertz CT molecular complexity index is 743. The van der Waals surface area contributed by atoms with Gasteiger partial charge >= 0.3 is 5.97 Å². The second-order valence-electron chi connectivity index (χ2n) is 4.59. The number of carboxylic acids is 1. The van der Waals surface area contributed by atoms with E-state index in [-0.39, 0.29) is 0 Å². The summed E-state index contributed by atoms with van der Waals surface area (Å²) in [6.07, 6.45) is 2.54. The largest absolute Gasteiger partial charge is 0.493 e. The second kappa shape index (κ2) is 8.04. The summed E-state index contributed by atoms with van der Waals surface area (Å²) >= 11 is 9.53. The molecule has 23 heavy (non-hydrogen) atoms. The molecule has 0 spiro atoms. The highest BCUT2D eigenvalue weighted by molar-refractivity contribution is 9.10. The molecule has 0 saturated heterocycles. The molecule has 0 unspecified atom stereocenters. The van der Waals surface area contributed by atoms with Crippen LogP contribution in [0.5, 0.6) is 11.5 Å². The van der Waals surface area contributed by atoms with Gasteiger partial charge < -0.3 is 14.6 Å². The lowest BCUT2D eigenvalue weighted by Gasteiger charge is -2.14. The molecule has 4 nitrogen and oxygen atoms in total. The van der Waals surface area contributed by atoms with E-state index >= 15 is 0 Å². The summed E-state index contributed by atoms with van der Waals surface area (Å²) in [4.78, 5) is 10.6. The van der Waals surface area contributed by atoms with Crippen molar-refractivity contribution < 1.29 is 19.4 Å². The normalized spacial score (nSPS) is 10.7. The number of benzene rings is 2. The Kier molecular flexibility index (Phi) is 6.07. The van der Waals surface area contributed by atoms with Crippen LogP contribution in [0.2, 0.25) is 5.02 Å². The van der Waals surface area contributed by atoms with E-state index < -0.39 is 5.97 Å². The van der Waals surface area contributed by atoms with Crippen LogP contribution in [0.3, 0.4) is 0 Å². The first-order valence-electron chi connectivity index (χ1n) is 6.66. The van der Waals surface area contributed by atoms with E-state index in [9.17, 15) is 4.79 Å². The van der Waals surface area contributed by atoms with Crippen molar-refractivity contribution in [3.63, 3.8) is 0 Å². The third-order valence-corrected chi connectivity index (χ3v) is 3.96. The molecule has 0 amide bonds. The SMILES string of the molecule is COc1cc(C=CC(=O)O)cc(Br)c1OCc1ccccc1Cl. The maximum Gasteiger partial charge on any atom is 0.328 e. The van der Waals surface area contributed by atoms with Crippen LogP contribution in [-0.2, 0) is 11.4 Å². The molecule has 0 atom stereocenters. The molecule has 120 valence electrons. The second-order valence-corrected chi connectivity index (χ2v) is 5.85. The number of hydrogen-bond acceptors (Lipinski definition) is 3. The van der Waals surface area contributed by atoms with Crippen molar-refractivity contribution in [3.05, 3.63) is 63.1 Å². The summed E-state index contributed by atoms with van der Waals surface area (Å²) in [5, 5.41) is 9.32. The maximum absolute atomic E-state index is 10.6. The lowest BCUT2D eigenvalue weighted by Crippen LogP contribution is -1.99. The first kappa shape index (κ1) is 17.4. The molecule has 1 N–H and O–H groups in total. The molecule has 0 aliphatic heterocycles. The number of carbonyl (C=O) groups is 1. The fourth-order valence-electron chi connectivity index (χ4n) is 1.91. The molecule has 6 heteroatoms. The van der Waals surface area contributed by atoms with Crippen molar-refractivity contribution in [2.75, 3.05) is 7.11 Å². The molecule has 2 aromatic carbocycles. The smallest absolute Gasteiger partial charge is 0.328 e. The predicted molar refractivity (Wildman–Crippen MR) is 93.1 cm³/mol. The van der Waals surface area contributed by atoms with Crippen molar-refractivity contribution in [1.29, 1.82) is 0 Å². The van der Waals surface area contributed by atoms with Gasteiger partial charge in [0, 0.05) is 16.7 Å². The minimum absolute atomic E-state index is 0.291. The van der Waals surface area contributed by atoms with E-state index in [4.69, 9.17) is 26.2 Å². The van der Waals surface area contributed by atoms with Gasteiger partial charge in [-0.2, -0.15) is 0 Å². The predicted octanol–water partition coefficient (Wildman–Crippen LogP) is 4.79. The molecule has 0 saturated carbocycles. The van der Waals surface area contributed by atoms with Gasteiger partial charge in [0.05, 0.1) is 11.6 Å². The highest BCUT2D eigenvalue weighted by Crippen LogP contribution is 2.37. The van der Waals surface area contributed by atoms with Crippen LogP contribution >= 0.6 is 27.5 Å². The number of halogens is 2. The Morgan fingerprint density at radius 1 is 1.35 bits per heavy atom. The average molecular weight is 398 g/mol. The first-order chi connectivity index (χ1) is 11.0. The lowest BCUT2D eigenvalue weighted by molar-refractivity contribution is -0.131. The molecular formula is C17H14BrClO4. The van der Waals surface area contributed by atoms with Gasteiger partial charge in [0.15, 0.2) is 11.5 Å². The Morgan fingerprint density at radius 3 is 2.74 bits per heavy atom. The average Bonchev–Trinajstić information content (AvgIpc) is 2.52. The van der Waals surface area contributed by atoms with Crippen molar-refractivity contribution in [2.45, 2.75) is 6.61 Å². The zero-order valence-electron chi connectivity index (χ0n) is 12.3. The topological polar surface area (TPSA) is 55.8 Å². The zero-order valence-corrected chi connectivity index (χ0v) is 14.6. The molecule has 0 heterocycles. The van der Waals surface area contributed by atoms with Crippen LogP contribution in [0.15, 0.2) is 46.9 Å². The molecule has 0 radical (unpaired) electrons. The Labute approximate surface area is 147 Å². The third-order valence-electron chi connectivity index (χ3n) is 3.00. The Balaban J connectivity index is 2.24. The Morgan fingerprint density at radius 2 is 2.09 bits per heavy atom. The van der Waals surface area contributed by atoms with Crippen molar-refractivity contribution in [2.24, 2.45) is 0 Å². The number of carboxylic acid groups (broad SMARTS) is 1. The van der Waals surface area contributed by atoms with Gasteiger partial charge in [-0.3, -0.25) is 0 Å². The Hall–Kier alpha value is -1.98. The summed E-state index contributed by atoms with van der Waals surface area (Å²) in [6, 6.07) is 10.9. The number of ether oxygens (including phenoxy) is 2. The minimum atomic E-state index is -1.01. The van der Waals surface area contributed by atoms with Crippen LogP contribution in [0.25, 0.3) is 6.08 Å². The van der Waals surface area contributed by atoms with E-state index in [0.717, 1.165) is 11.6 Å². The van der Waals surface area contributed by atoms with Gasteiger partial charge in [-0.1, -0.05) is 29.8 Å². The molecular weight excluding hydrogens is 384 g/mol. The van der Waals surface area contributed by atoms with E-state index in [1.54, 1.807) is 18.2 Å². The number of methoxy groups -OCH3 is 1. The summed E-state index contributed by atoms with van der Waals surface area (Å²) in [7, 11) is 1.52. The van der Waals surface area contributed by atoms with Gasteiger partial charge in [0.25, 0.3) is 0 Å². The third kappa shape index (κ3) is 4.74. The van der Waals surface area contributed by atoms with Gasteiger partial charge in [-0.15, -0.1) is 0 Å². The fraction of sp³-hybridized carbons (Fsp3) is 0.118. The quantitative estimate of drug-likeness (QED) is 0.712. The minimum Gasteiger partial charge on any atom is -0.493 e. The highest BCUT2D eigenvalue weighted by atomic mass is 79.9. The van der Waals surface area contributed by atoms with E-state index in [2.05, 4.69) is 15.9 Å². The first-order valence-corrected chi connectivity index (χ1v) is 7.83. The summed E-state index contributed by atoms with van der Waals surface area (Å²) < 4.78 is 11.8. The lowest BCUT2D eigenvalue weighted by atomic mass is 10.2. The van der Waals surface area contributed by atoms with Crippen LogP contribution in [0.1, 0.15) is 11.1 Å². The van der Waals surface area contributed by atoms with Gasteiger partial charge in [-0.25, -0.2) is 4.79 Å². The molecule has 0 aliphatic rings. The molecule has 0 aliphatic carbocycles. The number of hydrogen-bond donors (Lipinski definition) is 1. The van der Waals surface area contributed by atoms with Crippen LogP contribution < -0.4 is 9.47 Å². The van der Waals surface area contributed by atoms with Gasteiger partial charge in [-0.05, 0) is 45.8 Å². The molecule has 0 aromatic heterocycles. The van der Waals surface area contributed by atoms with Crippen molar-refractivity contribution in [1.82, 2.24) is 0 Å². The highest BCUT2D eigenvalue weighted by Gasteiger charge is 2.12. The zero-order chi connectivity index (χ0) is 16.8. The molecule has 2 rings (SSSR count). The monoisotopic (exact) mass is 396 g/mol. The summed E-state index contributed by atoms with van der Waals surface area (Å²) in [6.45, 7) is 0.291. The molecule has 2 aromatic rings. The van der Waals surface area contributed by atoms with Crippen LogP contribution in [0, 0.1) is 0 Å². The van der Waals surface area contributed by atoms with E-state index in [0.29, 0.717) is 33.2 Å². The van der Waals surface area contributed by atoms with Crippen molar-refractivity contribution >= 4 is 39.6 Å². The van der Waals surface area contributed by atoms with E-state index in [1.165, 1.54) is 13.2 Å². The standard InChI is InChI=1S/C17H14BrClO4/c1-22-15-9-11(6-7-16(20)21)8-13(18)17(15)23-10-12-4-2-3-5-14(12)19/h2-9H,10H2,1H3,(H,20,21). The number of rotatable bonds is 6. The van der Waals surface area contributed by atoms with Crippen LogP contribution in [-0.4, -0.2) is 18.2 Å². The summed E-state index contributed by atoms with van der Waals surface area (Å²) in [5.74, 6) is 0.00972. The number of aliphatic carboxylic acids is 1.